The number of fused-ring (bicyclic) bond motifs is 1. The zero-order valence-electron chi connectivity index (χ0n) is 15.1. The predicted molar refractivity (Wildman–Crippen MR) is 99.9 cm³/mol. The molecule has 0 aliphatic carbocycles. The Kier molecular flexibility index (Phi) is 5.40. The van der Waals surface area contributed by atoms with Crippen molar-refractivity contribution in [2.24, 2.45) is 0 Å². The molecule has 0 aromatic heterocycles. The number of carbonyl (C=O) groups is 3. The fourth-order valence-electron chi connectivity index (χ4n) is 3.01. The summed E-state index contributed by atoms with van der Waals surface area (Å²) < 4.78 is 10.3. The van der Waals surface area contributed by atoms with Crippen LogP contribution < -0.4 is 15.0 Å². The number of para-hydroxylation sites is 2. The van der Waals surface area contributed by atoms with Gasteiger partial charge < -0.3 is 19.7 Å². The average molecular weight is 368 g/mol. The van der Waals surface area contributed by atoms with E-state index in [1.807, 2.05) is 13.0 Å². The van der Waals surface area contributed by atoms with Crippen molar-refractivity contribution in [2.45, 2.75) is 19.4 Å². The van der Waals surface area contributed by atoms with Crippen LogP contribution in [0, 0.1) is 0 Å². The van der Waals surface area contributed by atoms with E-state index in [0.717, 1.165) is 0 Å². The summed E-state index contributed by atoms with van der Waals surface area (Å²) in [5.41, 5.74) is 1.56. The first-order chi connectivity index (χ1) is 13.0. The van der Waals surface area contributed by atoms with Gasteiger partial charge in [-0.1, -0.05) is 18.2 Å². The fraction of sp³-hybridized carbons (Fsp3) is 0.250. The molecule has 140 valence electrons. The normalized spacial score (nSPS) is 16.0. The van der Waals surface area contributed by atoms with E-state index in [1.165, 1.54) is 13.2 Å². The highest BCUT2D eigenvalue weighted by Crippen LogP contribution is 2.31. The van der Waals surface area contributed by atoms with E-state index in [1.54, 1.807) is 41.3 Å². The number of methoxy groups -OCH3 is 1. The molecule has 0 unspecified atom stereocenters. The van der Waals surface area contributed by atoms with Crippen LogP contribution in [-0.4, -0.2) is 37.5 Å². The van der Waals surface area contributed by atoms with E-state index < -0.39 is 5.97 Å². The summed E-state index contributed by atoms with van der Waals surface area (Å²) in [6, 6.07) is 13.3. The van der Waals surface area contributed by atoms with E-state index in [-0.39, 0.29) is 30.9 Å². The second kappa shape index (κ2) is 7.90. The Morgan fingerprint density at radius 1 is 1.19 bits per heavy atom. The molecule has 0 fully saturated rings. The summed E-state index contributed by atoms with van der Waals surface area (Å²) in [6.45, 7) is 1.59. The molecule has 1 N–H and O–H groups in total. The van der Waals surface area contributed by atoms with Crippen LogP contribution in [0.5, 0.6) is 5.75 Å². The Bertz CT molecular complexity index is 880. The first-order valence-corrected chi connectivity index (χ1v) is 8.51. The van der Waals surface area contributed by atoms with E-state index in [2.05, 4.69) is 10.1 Å². The van der Waals surface area contributed by atoms with E-state index in [9.17, 15) is 14.4 Å². The molecule has 0 saturated heterocycles. The van der Waals surface area contributed by atoms with Crippen LogP contribution in [-0.2, 0) is 14.3 Å². The van der Waals surface area contributed by atoms with Gasteiger partial charge in [-0.25, -0.2) is 4.79 Å². The van der Waals surface area contributed by atoms with Gasteiger partial charge in [0.05, 0.1) is 24.0 Å². The minimum Gasteiger partial charge on any atom is -0.484 e. The number of nitrogens with one attached hydrogen (secondary N) is 1. The van der Waals surface area contributed by atoms with Crippen LogP contribution >= 0.6 is 0 Å². The summed E-state index contributed by atoms with van der Waals surface area (Å²) in [5, 5.41) is 2.81. The summed E-state index contributed by atoms with van der Waals surface area (Å²) in [6.07, 6.45) is 0.193. The number of rotatable bonds is 4. The van der Waals surface area contributed by atoms with Crippen molar-refractivity contribution < 1.29 is 23.9 Å². The number of hydrogen-bond acceptors (Lipinski definition) is 5. The molecule has 0 saturated carbocycles. The molecule has 0 spiro atoms. The lowest BCUT2D eigenvalue weighted by Gasteiger charge is -2.27. The Morgan fingerprint density at radius 2 is 1.96 bits per heavy atom. The summed E-state index contributed by atoms with van der Waals surface area (Å²) in [5.74, 6) is -0.519. The number of benzene rings is 2. The first kappa shape index (κ1) is 18.4. The number of nitrogens with zero attached hydrogens (tertiary/aromatic N) is 1. The molecule has 1 atom stereocenters. The smallest absolute Gasteiger partial charge is 0.337 e. The molecule has 27 heavy (non-hydrogen) atoms. The number of hydrogen-bond donors (Lipinski definition) is 1. The van der Waals surface area contributed by atoms with Crippen molar-refractivity contribution in [1.29, 1.82) is 0 Å². The monoisotopic (exact) mass is 368 g/mol. The van der Waals surface area contributed by atoms with E-state index in [4.69, 9.17) is 4.74 Å². The van der Waals surface area contributed by atoms with Gasteiger partial charge in [-0.15, -0.1) is 0 Å². The zero-order valence-corrected chi connectivity index (χ0v) is 15.1. The van der Waals surface area contributed by atoms with Gasteiger partial charge in [0.15, 0.2) is 6.61 Å². The molecule has 1 aliphatic rings. The van der Waals surface area contributed by atoms with Crippen molar-refractivity contribution >= 4 is 29.2 Å². The molecule has 1 aliphatic heterocycles. The summed E-state index contributed by atoms with van der Waals surface area (Å²) in [7, 11) is 1.30. The average Bonchev–Trinajstić information content (AvgIpc) is 2.79. The van der Waals surface area contributed by atoms with Crippen LogP contribution in [0.25, 0.3) is 0 Å². The van der Waals surface area contributed by atoms with Gasteiger partial charge in [-0.2, -0.15) is 0 Å². The van der Waals surface area contributed by atoms with Crippen molar-refractivity contribution in [1.82, 2.24) is 0 Å². The van der Waals surface area contributed by atoms with Gasteiger partial charge in [-0.05, 0) is 37.3 Å². The Hall–Kier alpha value is -3.35. The summed E-state index contributed by atoms with van der Waals surface area (Å²) >= 11 is 0. The molecule has 7 heteroatoms. The maximum Gasteiger partial charge on any atom is 0.337 e. The molecule has 2 aromatic rings. The van der Waals surface area contributed by atoms with Gasteiger partial charge in [-0.3, -0.25) is 9.59 Å². The fourth-order valence-corrected chi connectivity index (χ4v) is 3.01. The zero-order chi connectivity index (χ0) is 19.4. The lowest BCUT2D eigenvalue weighted by Crippen LogP contribution is -2.41. The van der Waals surface area contributed by atoms with E-state index >= 15 is 0 Å². The highest BCUT2D eigenvalue weighted by atomic mass is 16.5. The topological polar surface area (TPSA) is 84.9 Å². The van der Waals surface area contributed by atoms with Crippen LogP contribution in [0.2, 0.25) is 0 Å². The quantitative estimate of drug-likeness (QED) is 0.839. The third-order valence-corrected chi connectivity index (χ3v) is 4.25. The number of esters is 1. The molecule has 0 radical (unpaired) electrons. The van der Waals surface area contributed by atoms with Crippen LogP contribution in [0.15, 0.2) is 48.5 Å². The third kappa shape index (κ3) is 4.08. The molecule has 2 amide bonds. The molecular formula is C20H20N2O5. The van der Waals surface area contributed by atoms with E-state index in [0.29, 0.717) is 22.7 Å². The Balaban J connectivity index is 1.78. The predicted octanol–water partition coefficient (Wildman–Crippen LogP) is 2.62. The molecule has 0 bridgehead atoms. The van der Waals surface area contributed by atoms with Crippen molar-refractivity contribution in [3.63, 3.8) is 0 Å². The van der Waals surface area contributed by atoms with Gasteiger partial charge in [0.1, 0.15) is 5.75 Å². The van der Waals surface area contributed by atoms with Crippen LogP contribution in [0.1, 0.15) is 23.7 Å². The number of amides is 2. The molecule has 1 heterocycles. The number of anilines is 2. The maximum absolute atomic E-state index is 12.8. The van der Waals surface area contributed by atoms with Crippen molar-refractivity contribution in [2.75, 3.05) is 23.9 Å². The Morgan fingerprint density at radius 3 is 2.74 bits per heavy atom. The van der Waals surface area contributed by atoms with Crippen LogP contribution in [0.3, 0.4) is 0 Å². The molecular weight excluding hydrogens is 348 g/mol. The Labute approximate surface area is 156 Å². The largest absolute Gasteiger partial charge is 0.484 e. The highest BCUT2D eigenvalue weighted by Gasteiger charge is 2.29. The van der Waals surface area contributed by atoms with Crippen molar-refractivity contribution in [3.05, 3.63) is 54.1 Å². The molecule has 2 aromatic carbocycles. The summed E-state index contributed by atoms with van der Waals surface area (Å²) in [4.78, 5) is 38.0. The second-order valence-corrected chi connectivity index (χ2v) is 6.19. The number of ether oxygens (including phenoxy) is 2. The SMILES string of the molecule is COC(=O)c1cccc(OCC(=O)N2c3ccccc3NC(=O)C[C@H]2C)c1. The third-order valence-electron chi connectivity index (χ3n) is 4.25. The van der Waals surface area contributed by atoms with Crippen LogP contribution in [0.4, 0.5) is 11.4 Å². The lowest BCUT2D eigenvalue weighted by molar-refractivity contribution is -0.121. The molecule has 3 rings (SSSR count). The minimum atomic E-state index is -0.480. The molecule has 7 nitrogen and oxygen atoms in total. The first-order valence-electron chi connectivity index (χ1n) is 8.51. The van der Waals surface area contributed by atoms with Gasteiger partial charge >= 0.3 is 5.97 Å². The maximum atomic E-state index is 12.8. The number of carbonyl (C=O) groups excluding carboxylic acids is 3. The highest BCUT2D eigenvalue weighted by molar-refractivity contribution is 6.04. The lowest BCUT2D eigenvalue weighted by atomic mass is 10.1. The second-order valence-electron chi connectivity index (χ2n) is 6.19. The van der Waals surface area contributed by atoms with Gasteiger partial charge in [0, 0.05) is 12.5 Å². The standard InChI is InChI=1S/C20H20N2O5/c1-13-10-18(23)21-16-8-3-4-9-17(16)22(13)19(24)12-27-15-7-5-6-14(11-15)20(25)26-2/h3-9,11,13H,10,12H2,1-2H3,(H,21,23)/t13-/m1/s1. The van der Waals surface area contributed by atoms with Gasteiger partial charge in [0.2, 0.25) is 5.91 Å². The van der Waals surface area contributed by atoms with Gasteiger partial charge in [0.25, 0.3) is 5.91 Å². The van der Waals surface area contributed by atoms with Crippen molar-refractivity contribution in [3.8, 4) is 5.75 Å². The minimum absolute atomic E-state index is 0.142.